The highest BCUT2D eigenvalue weighted by Gasteiger charge is 2.14. The lowest BCUT2D eigenvalue weighted by atomic mass is 10.0. The van der Waals surface area contributed by atoms with Crippen molar-refractivity contribution < 1.29 is 0 Å². The molecule has 0 unspecified atom stereocenters. The molecule has 1 aliphatic heterocycles. The smallest absolute Gasteiger partial charge is 0.0502 e. The van der Waals surface area contributed by atoms with Gasteiger partial charge in [0.2, 0.25) is 0 Å². The van der Waals surface area contributed by atoms with Crippen molar-refractivity contribution in [3.8, 4) is 22.3 Å². The third kappa shape index (κ3) is 4.00. The maximum absolute atomic E-state index is 6.36. The van der Waals surface area contributed by atoms with Gasteiger partial charge in [-0.2, -0.15) is 0 Å². The Bertz CT molecular complexity index is 1140. The number of likely N-dealkylation sites (tertiary alicyclic amines) is 1. The molecule has 5 rings (SSSR count). The summed E-state index contributed by atoms with van der Waals surface area (Å²) in [7, 11) is 0. The van der Waals surface area contributed by atoms with E-state index in [0.717, 1.165) is 29.2 Å². The molecule has 1 aliphatic rings. The second kappa shape index (κ2) is 8.63. The Kier molecular flexibility index (Phi) is 5.56. The number of aromatic nitrogens is 2. The second-order valence-electron chi connectivity index (χ2n) is 8.13. The lowest BCUT2D eigenvalue weighted by molar-refractivity contribution is 0.222. The summed E-state index contributed by atoms with van der Waals surface area (Å²) in [6.45, 7) is 4.49. The van der Waals surface area contributed by atoms with E-state index in [1.54, 1.807) is 0 Å². The monoisotopic (exact) mass is 415 g/mol. The Balaban J connectivity index is 1.51. The first-order chi connectivity index (χ1) is 14.8. The maximum Gasteiger partial charge on any atom is 0.0502 e. The number of hydrogen-bond donors (Lipinski definition) is 0. The Morgan fingerprint density at radius 3 is 2.43 bits per heavy atom. The van der Waals surface area contributed by atoms with Crippen molar-refractivity contribution in [2.24, 2.45) is 0 Å². The molecule has 1 saturated heterocycles. The average molecular weight is 416 g/mol. The van der Waals surface area contributed by atoms with Crippen molar-refractivity contribution in [3.63, 3.8) is 0 Å². The number of halogens is 1. The van der Waals surface area contributed by atoms with Crippen molar-refractivity contribution in [1.29, 1.82) is 0 Å². The Hall–Kier alpha value is -2.62. The molecule has 3 heterocycles. The molecule has 152 valence electrons. The van der Waals surface area contributed by atoms with Gasteiger partial charge in [0.1, 0.15) is 0 Å². The Morgan fingerprint density at radius 1 is 0.800 bits per heavy atom. The van der Waals surface area contributed by atoms with Crippen LogP contribution in [0.2, 0.25) is 5.02 Å². The molecular weight excluding hydrogens is 390 g/mol. The normalized spacial score (nSPS) is 15.0. The van der Waals surface area contributed by atoms with Crippen molar-refractivity contribution >= 4 is 22.5 Å². The molecule has 4 heteroatoms. The van der Waals surface area contributed by atoms with Gasteiger partial charge in [0, 0.05) is 58.8 Å². The van der Waals surface area contributed by atoms with Gasteiger partial charge in [-0.05, 0) is 49.7 Å². The number of pyridine rings is 1. The average Bonchev–Trinajstić information content (AvgIpc) is 3.17. The largest absolute Gasteiger partial charge is 0.346 e. The summed E-state index contributed by atoms with van der Waals surface area (Å²) in [5.74, 6) is 0. The van der Waals surface area contributed by atoms with Gasteiger partial charge in [-0.1, -0.05) is 54.4 Å². The Morgan fingerprint density at radius 2 is 1.60 bits per heavy atom. The minimum Gasteiger partial charge on any atom is -0.346 e. The van der Waals surface area contributed by atoms with Gasteiger partial charge in [0.05, 0.1) is 5.52 Å². The van der Waals surface area contributed by atoms with Gasteiger partial charge in [-0.3, -0.25) is 4.98 Å². The van der Waals surface area contributed by atoms with Crippen LogP contribution >= 0.6 is 11.6 Å². The molecule has 0 N–H and O–H groups in total. The molecular formula is C26H26ClN3. The number of nitrogens with zero attached hydrogens (tertiary/aromatic N) is 3. The van der Waals surface area contributed by atoms with Crippen molar-refractivity contribution in [1.82, 2.24) is 14.5 Å². The fourth-order valence-corrected chi connectivity index (χ4v) is 4.65. The zero-order valence-electron chi connectivity index (χ0n) is 17.1. The fourth-order valence-electron chi connectivity index (χ4n) is 4.49. The lowest BCUT2D eigenvalue weighted by Crippen LogP contribution is -2.32. The summed E-state index contributed by atoms with van der Waals surface area (Å²) in [5, 5.41) is 2.01. The minimum atomic E-state index is 0.780. The highest BCUT2D eigenvalue weighted by molar-refractivity contribution is 6.31. The third-order valence-corrected chi connectivity index (χ3v) is 6.34. The molecule has 0 amide bonds. The van der Waals surface area contributed by atoms with E-state index in [1.165, 1.54) is 54.4 Å². The van der Waals surface area contributed by atoms with Gasteiger partial charge >= 0.3 is 0 Å². The molecule has 2 aromatic carbocycles. The molecule has 0 bridgehead atoms. The van der Waals surface area contributed by atoms with Crippen LogP contribution in [0.25, 0.3) is 33.2 Å². The number of piperidine rings is 1. The molecule has 0 saturated carbocycles. The van der Waals surface area contributed by atoms with E-state index >= 15 is 0 Å². The first-order valence-electron chi connectivity index (χ1n) is 10.8. The van der Waals surface area contributed by atoms with Gasteiger partial charge in [0.25, 0.3) is 0 Å². The molecule has 0 aliphatic carbocycles. The van der Waals surface area contributed by atoms with Crippen LogP contribution in [-0.4, -0.2) is 34.1 Å². The second-order valence-corrected chi connectivity index (χ2v) is 8.56. The lowest BCUT2D eigenvalue weighted by Gasteiger charge is -2.26. The predicted molar refractivity (Wildman–Crippen MR) is 126 cm³/mol. The van der Waals surface area contributed by atoms with Crippen molar-refractivity contribution in [2.45, 2.75) is 25.8 Å². The molecule has 2 aromatic heterocycles. The maximum atomic E-state index is 6.36. The highest BCUT2D eigenvalue weighted by atomic mass is 35.5. The summed E-state index contributed by atoms with van der Waals surface area (Å²) < 4.78 is 2.36. The molecule has 1 fully saturated rings. The van der Waals surface area contributed by atoms with Crippen LogP contribution in [0.3, 0.4) is 0 Å². The predicted octanol–water partition coefficient (Wildman–Crippen LogP) is 6.51. The number of rotatable bonds is 5. The standard InChI is InChI=1S/C26H26ClN3/c27-23-9-10-24-25(22-15-21(17-28-18-22)20-7-3-1-4-8-20)19-30(26(24)16-23)14-13-29-11-5-2-6-12-29/h1,3-4,7-10,15-19H,2,5-6,11-14H2. The van der Waals surface area contributed by atoms with E-state index in [9.17, 15) is 0 Å². The molecule has 3 nitrogen and oxygen atoms in total. The fraction of sp³-hybridized carbons (Fsp3) is 0.269. The summed E-state index contributed by atoms with van der Waals surface area (Å²) in [6.07, 6.45) is 10.2. The zero-order valence-corrected chi connectivity index (χ0v) is 17.9. The van der Waals surface area contributed by atoms with E-state index in [2.05, 4.69) is 63.1 Å². The topological polar surface area (TPSA) is 21.1 Å². The van der Waals surface area contributed by atoms with Gasteiger partial charge in [0.15, 0.2) is 0 Å². The summed E-state index contributed by atoms with van der Waals surface area (Å²) in [5.41, 5.74) is 5.87. The summed E-state index contributed by atoms with van der Waals surface area (Å²) >= 11 is 6.36. The van der Waals surface area contributed by atoms with Crippen LogP contribution in [0.15, 0.2) is 73.2 Å². The minimum absolute atomic E-state index is 0.780. The highest BCUT2D eigenvalue weighted by Crippen LogP contribution is 2.34. The van der Waals surface area contributed by atoms with Crippen LogP contribution < -0.4 is 0 Å². The summed E-state index contributed by atoms with van der Waals surface area (Å²) in [4.78, 5) is 7.13. The van der Waals surface area contributed by atoms with Gasteiger partial charge in [-0.15, -0.1) is 0 Å². The van der Waals surface area contributed by atoms with Crippen molar-refractivity contribution in [2.75, 3.05) is 19.6 Å². The van der Waals surface area contributed by atoms with E-state index in [-0.39, 0.29) is 0 Å². The first-order valence-corrected chi connectivity index (χ1v) is 11.2. The SMILES string of the molecule is Clc1ccc2c(-c3cncc(-c4ccccc4)c3)cn(CCN3CCCCC3)c2c1. The third-order valence-electron chi connectivity index (χ3n) is 6.11. The van der Waals surface area contributed by atoms with Gasteiger partial charge in [-0.25, -0.2) is 0 Å². The Labute approximate surface area is 182 Å². The number of benzene rings is 2. The van der Waals surface area contributed by atoms with E-state index in [4.69, 9.17) is 11.6 Å². The van der Waals surface area contributed by atoms with E-state index in [0.29, 0.717) is 0 Å². The summed E-state index contributed by atoms with van der Waals surface area (Å²) in [6, 6.07) is 18.9. The van der Waals surface area contributed by atoms with Crippen LogP contribution in [-0.2, 0) is 6.54 Å². The molecule has 0 spiro atoms. The molecule has 0 radical (unpaired) electrons. The van der Waals surface area contributed by atoms with Crippen LogP contribution in [0.5, 0.6) is 0 Å². The molecule has 4 aromatic rings. The number of hydrogen-bond acceptors (Lipinski definition) is 2. The van der Waals surface area contributed by atoms with Crippen LogP contribution in [0.1, 0.15) is 19.3 Å². The van der Waals surface area contributed by atoms with Crippen LogP contribution in [0, 0.1) is 0 Å². The van der Waals surface area contributed by atoms with Crippen molar-refractivity contribution in [3.05, 3.63) is 78.2 Å². The van der Waals surface area contributed by atoms with Gasteiger partial charge < -0.3 is 9.47 Å². The van der Waals surface area contributed by atoms with Crippen LogP contribution in [0.4, 0.5) is 0 Å². The quantitative estimate of drug-likeness (QED) is 0.370. The first kappa shape index (κ1) is 19.3. The molecule has 30 heavy (non-hydrogen) atoms. The van der Waals surface area contributed by atoms with E-state index < -0.39 is 0 Å². The zero-order chi connectivity index (χ0) is 20.3. The molecule has 0 atom stereocenters. The number of fused-ring (bicyclic) bond motifs is 1. The van der Waals surface area contributed by atoms with E-state index in [1.807, 2.05) is 24.5 Å².